The van der Waals surface area contributed by atoms with Crippen molar-refractivity contribution >= 4 is 33.2 Å². The summed E-state index contributed by atoms with van der Waals surface area (Å²) in [6.45, 7) is 7.31. The maximum Gasteiger partial charge on any atom is 0.264 e. The van der Waals surface area contributed by atoms with Gasteiger partial charge in [-0.1, -0.05) is 53.6 Å². The van der Waals surface area contributed by atoms with Crippen molar-refractivity contribution in [3.8, 4) is 0 Å². The normalized spacial score (nSPS) is 12.3. The van der Waals surface area contributed by atoms with Crippen LogP contribution in [0, 0.1) is 20.8 Å². The predicted octanol–water partition coefficient (Wildman–Crippen LogP) is 5.34. The van der Waals surface area contributed by atoms with Gasteiger partial charge in [0.05, 0.1) is 16.6 Å². The molecule has 0 spiro atoms. The molecule has 0 aliphatic heterocycles. The molecule has 0 aromatic heterocycles. The topological polar surface area (TPSA) is 66.5 Å². The van der Waals surface area contributed by atoms with Crippen molar-refractivity contribution in [2.45, 2.75) is 38.6 Å². The summed E-state index contributed by atoms with van der Waals surface area (Å²) in [6.07, 6.45) is 0. The van der Waals surface area contributed by atoms with E-state index in [0.29, 0.717) is 16.3 Å². The average molecular weight is 471 g/mol. The Morgan fingerprint density at radius 2 is 1.66 bits per heavy atom. The Labute approximate surface area is 195 Å². The van der Waals surface area contributed by atoms with Crippen LogP contribution in [-0.2, 0) is 14.8 Å². The van der Waals surface area contributed by atoms with E-state index >= 15 is 0 Å². The molecule has 1 atom stereocenters. The Morgan fingerprint density at radius 3 is 2.28 bits per heavy atom. The molecule has 0 fully saturated rings. The average Bonchev–Trinajstić information content (AvgIpc) is 2.73. The molecular formula is C25H27ClN2O3S. The van der Waals surface area contributed by atoms with E-state index in [4.69, 9.17) is 11.6 Å². The van der Waals surface area contributed by atoms with E-state index in [-0.39, 0.29) is 17.5 Å². The summed E-state index contributed by atoms with van der Waals surface area (Å²) in [5.41, 5.74) is 4.27. The van der Waals surface area contributed by atoms with Gasteiger partial charge in [0.15, 0.2) is 0 Å². The Morgan fingerprint density at radius 1 is 0.969 bits per heavy atom. The summed E-state index contributed by atoms with van der Waals surface area (Å²) in [7, 11) is -3.97. The molecule has 0 saturated heterocycles. The summed E-state index contributed by atoms with van der Waals surface area (Å²) in [4.78, 5) is 13.1. The lowest BCUT2D eigenvalue weighted by molar-refractivity contribution is -0.120. The zero-order valence-electron chi connectivity index (χ0n) is 18.6. The third kappa shape index (κ3) is 5.31. The quantitative estimate of drug-likeness (QED) is 0.507. The number of halogens is 1. The predicted molar refractivity (Wildman–Crippen MR) is 130 cm³/mol. The maximum absolute atomic E-state index is 13.5. The largest absolute Gasteiger partial charge is 0.348 e. The van der Waals surface area contributed by atoms with Crippen molar-refractivity contribution < 1.29 is 13.2 Å². The molecule has 0 bridgehead atoms. The van der Waals surface area contributed by atoms with E-state index < -0.39 is 15.9 Å². The second kappa shape index (κ2) is 9.76. The van der Waals surface area contributed by atoms with E-state index in [0.717, 1.165) is 21.0 Å². The number of nitrogens with one attached hydrogen (secondary N) is 1. The van der Waals surface area contributed by atoms with Crippen molar-refractivity contribution in [2.24, 2.45) is 0 Å². The van der Waals surface area contributed by atoms with Crippen LogP contribution in [0.25, 0.3) is 0 Å². The summed E-state index contributed by atoms with van der Waals surface area (Å²) in [5.74, 6) is -0.397. The van der Waals surface area contributed by atoms with Crippen molar-refractivity contribution in [3.63, 3.8) is 0 Å². The second-order valence-corrected chi connectivity index (χ2v) is 10.2. The maximum atomic E-state index is 13.5. The number of benzene rings is 3. The monoisotopic (exact) mass is 470 g/mol. The van der Waals surface area contributed by atoms with Crippen molar-refractivity contribution in [1.29, 1.82) is 0 Å². The Balaban J connectivity index is 1.93. The number of nitrogens with zero attached hydrogens (tertiary/aromatic N) is 1. The first-order valence-corrected chi connectivity index (χ1v) is 12.1. The van der Waals surface area contributed by atoms with Gasteiger partial charge in [0.2, 0.25) is 5.91 Å². The van der Waals surface area contributed by atoms with Crippen LogP contribution in [0.1, 0.15) is 35.2 Å². The molecule has 168 valence electrons. The van der Waals surface area contributed by atoms with E-state index in [9.17, 15) is 13.2 Å². The van der Waals surface area contributed by atoms with Gasteiger partial charge in [-0.15, -0.1) is 0 Å². The second-order valence-electron chi connectivity index (χ2n) is 7.90. The minimum atomic E-state index is -3.97. The molecule has 7 heteroatoms. The molecule has 1 amide bonds. The van der Waals surface area contributed by atoms with Gasteiger partial charge >= 0.3 is 0 Å². The molecule has 1 N–H and O–H groups in total. The number of hydrogen-bond donors (Lipinski definition) is 1. The fourth-order valence-corrected chi connectivity index (χ4v) is 5.46. The highest BCUT2D eigenvalue weighted by Crippen LogP contribution is 2.29. The van der Waals surface area contributed by atoms with Crippen LogP contribution in [0.5, 0.6) is 0 Å². The van der Waals surface area contributed by atoms with E-state index in [2.05, 4.69) is 11.4 Å². The highest BCUT2D eigenvalue weighted by atomic mass is 35.5. The SMILES string of the molecule is Cc1ccc([C@@H](C)NC(=O)CN(c2ccc(Cl)cc2C)S(=O)(=O)c2ccccc2)c(C)c1. The summed E-state index contributed by atoms with van der Waals surface area (Å²) in [5, 5.41) is 3.44. The van der Waals surface area contributed by atoms with E-state index in [1.165, 1.54) is 12.1 Å². The first kappa shape index (κ1) is 23.8. The molecule has 5 nitrogen and oxygen atoms in total. The first-order valence-electron chi connectivity index (χ1n) is 10.3. The van der Waals surface area contributed by atoms with Crippen LogP contribution >= 0.6 is 11.6 Å². The molecule has 0 radical (unpaired) electrons. The molecule has 0 aliphatic carbocycles. The van der Waals surface area contributed by atoms with Gasteiger partial charge in [-0.3, -0.25) is 9.10 Å². The Bertz CT molecular complexity index is 1230. The van der Waals surface area contributed by atoms with Gasteiger partial charge in [0.25, 0.3) is 10.0 Å². The number of anilines is 1. The Hall–Kier alpha value is -2.83. The van der Waals surface area contributed by atoms with E-state index in [1.807, 2.05) is 32.9 Å². The third-order valence-corrected chi connectivity index (χ3v) is 7.32. The summed E-state index contributed by atoms with van der Waals surface area (Å²) >= 11 is 6.07. The van der Waals surface area contributed by atoms with Crippen molar-refractivity contribution in [2.75, 3.05) is 10.8 Å². The zero-order valence-corrected chi connectivity index (χ0v) is 20.2. The molecular weight excluding hydrogens is 444 g/mol. The highest BCUT2D eigenvalue weighted by Gasteiger charge is 2.28. The van der Waals surface area contributed by atoms with Gasteiger partial charge in [0, 0.05) is 5.02 Å². The summed E-state index contributed by atoms with van der Waals surface area (Å²) in [6, 6.07) is 18.8. The number of hydrogen-bond acceptors (Lipinski definition) is 3. The van der Waals surface area contributed by atoms with Gasteiger partial charge in [-0.05, 0) is 74.7 Å². The standard InChI is InChI=1S/C25H27ClN2O3S/c1-17-10-12-23(18(2)14-17)20(4)27-25(29)16-28(24-13-11-21(26)15-19(24)3)32(30,31)22-8-6-5-7-9-22/h5-15,20H,16H2,1-4H3,(H,27,29)/t20-/m1/s1. The van der Waals surface area contributed by atoms with Crippen LogP contribution in [0.2, 0.25) is 5.02 Å². The Kier molecular flexibility index (Phi) is 7.26. The van der Waals surface area contributed by atoms with Crippen LogP contribution in [0.3, 0.4) is 0 Å². The lowest BCUT2D eigenvalue weighted by Crippen LogP contribution is -2.42. The number of carbonyl (C=O) groups excluding carboxylic acids is 1. The number of sulfonamides is 1. The number of aryl methyl sites for hydroxylation is 3. The molecule has 32 heavy (non-hydrogen) atoms. The number of carbonyl (C=O) groups is 1. The van der Waals surface area contributed by atoms with Crippen molar-refractivity contribution in [3.05, 3.63) is 94.0 Å². The molecule has 3 rings (SSSR count). The van der Waals surface area contributed by atoms with Gasteiger partial charge < -0.3 is 5.32 Å². The minimum absolute atomic E-state index is 0.115. The number of amides is 1. The highest BCUT2D eigenvalue weighted by molar-refractivity contribution is 7.92. The lowest BCUT2D eigenvalue weighted by Gasteiger charge is -2.27. The molecule has 3 aromatic carbocycles. The zero-order chi connectivity index (χ0) is 23.5. The van der Waals surface area contributed by atoms with E-state index in [1.54, 1.807) is 43.3 Å². The van der Waals surface area contributed by atoms with Crippen LogP contribution < -0.4 is 9.62 Å². The molecule has 0 saturated carbocycles. The van der Waals surface area contributed by atoms with Gasteiger partial charge in [0.1, 0.15) is 6.54 Å². The smallest absolute Gasteiger partial charge is 0.264 e. The molecule has 0 unspecified atom stereocenters. The van der Waals surface area contributed by atoms with Crippen LogP contribution in [0.4, 0.5) is 5.69 Å². The van der Waals surface area contributed by atoms with Crippen LogP contribution in [-0.4, -0.2) is 20.9 Å². The van der Waals surface area contributed by atoms with Crippen molar-refractivity contribution in [1.82, 2.24) is 5.32 Å². The fourth-order valence-electron chi connectivity index (χ4n) is 3.72. The fraction of sp³-hybridized carbons (Fsp3) is 0.240. The van der Waals surface area contributed by atoms with Gasteiger partial charge in [-0.2, -0.15) is 0 Å². The molecule has 0 heterocycles. The van der Waals surface area contributed by atoms with Crippen LogP contribution in [0.15, 0.2) is 71.6 Å². The number of rotatable bonds is 7. The minimum Gasteiger partial charge on any atom is -0.348 e. The molecule has 3 aromatic rings. The lowest BCUT2D eigenvalue weighted by atomic mass is 10.0. The molecule has 0 aliphatic rings. The summed E-state index contributed by atoms with van der Waals surface area (Å²) < 4.78 is 28.1. The third-order valence-electron chi connectivity index (χ3n) is 5.32. The van der Waals surface area contributed by atoms with Gasteiger partial charge in [-0.25, -0.2) is 8.42 Å². The first-order chi connectivity index (χ1) is 15.1.